The quantitative estimate of drug-likeness (QED) is 0.384. The Labute approximate surface area is 225 Å². The second kappa shape index (κ2) is 10.4. The molecule has 206 valence electrons. The molecule has 8 nitrogen and oxygen atoms in total. The lowest BCUT2D eigenvalue weighted by Crippen LogP contribution is -2.63. The molecule has 1 aliphatic rings. The molecule has 1 heterocycles. The fraction of sp³-hybridized carbons (Fsp3) is 0.560. The summed E-state index contributed by atoms with van der Waals surface area (Å²) in [5, 5.41) is 0. The van der Waals surface area contributed by atoms with E-state index in [9.17, 15) is 22.4 Å². The normalized spacial score (nSPS) is 23.6. The molecule has 0 spiro atoms. The number of nitrogens with zero attached hydrogens (tertiary/aromatic N) is 2. The highest BCUT2D eigenvalue weighted by molar-refractivity contribution is 9.10. The second-order valence-electron chi connectivity index (χ2n) is 11.0. The van der Waals surface area contributed by atoms with Gasteiger partial charge in [-0.2, -0.15) is 4.90 Å². The van der Waals surface area contributed by atoms with E-state index in [-0.39, 0.29) is 12.0 Å². The lowest BCUT2D eigenvalue weighted by atomic mass is 9.91. The van der Waals surface area contributed by atoms with E-state index in [1.165, 1.54) is 25.1 Å². The molecule has 0 saturated heterocycles. The number of halogens is 3. The largest absolute Gasteiger partial charge is 0.443 e. The summed E-state index contributed by atoms with van der Waals surface area (Å²) in [5.74, 6) is -2.49. The van der Waals surface area contributed by atoms with Crippen LogP contribution in [0.25, 0.3) is 0 Å². The van der Waals surface area contributed by atoms with Crippen molar-refractivity contribution in [3.63, 3.8) is 0 Å². The maximum atomic E-state index is 15.0. The van der Waals surface area contributed by atoms with Gasteiger partial charge in [0.25, 0.3) is 0 Å². The maximum Gasteiger partial charge on any atom is 0.425 e. The van der Waals surface area contributed by atoms with Crippen molar-refractivity contribution in [1.29, 1.82) is 0 Å². The van der Waals surface area contributed by atoms with Crippen molar-refractivity contribution in [2.75, 3.05) is 12.4 Å². The van der Waals surface area contributed by atoms with Gasteiger partial charge in [-0.05, 0) is 73.1 Å². The van der Waals surface area contributed by atoms with E-state index < -0.39 is 67.6 Å². The van der Waals surface area contributed by atoms with Gasteiger partial charge in [0, 0.05) is 10.0 Å². The molecule has 0 fully saturated rings. The average molecular weight is 608 g/mol. The molecule has 0 aromatic heterocycles. The van der Waals surface area contributed by atoms with Gasteiger partial charge in [-0.15, -0.1) is 6.58 Å². The topological polar surface area (TPSA) is 102 Å². The lowest BCUT2D eigenvalue weighted by Gasteiger charge is -2.43. The molecular weight excluding hydrogens is 574 g/mol. The van der Waals surface area contributed by atoms with Crippen LogP contribution in [0.1, 0.15) is 60.5 Å². The van der Waals surface area contributed by atoms with Gasteiger partial charge in [0.1, 0.15) is 39.8 Å². The number of amidine groups is 1. The lowest BCUT2D eigenvalue weighted by molar-refractivity contribution is 0.0138. The number of aliphatic imine (C=N–C) groups is 1. The van der Waals surface area contributed by atoms with Crippen molar-refractivity contribution >= 4 is 43.8 Å². The fourth-order valence-corrected chi connectivity index (χ4v) is 6.13. The first kappa shape index (κ1) is 30.9. The minimum Gasteiger partial charge on any atom is -0.443 e. The number of imide groups is 1. The molecule has 0 saturated carbocycles. The molecule has 2 rings (SSSR count). The predicted octanol–water partition coefficient (Wildman–Crippen LogP) is 6.09. The van der Waals surface area contributed by atoms with E-state index in [0.717, 1.165) is 6.07 Å². The van der Waals surface area contributed by atoms with Crippen molar-refractivity contribution in [1.82, 2.24) is 4.90 Å². The molecule has 0 bridgehead atoms. The molecule has 0 radical (unpaired) electrons. The Morgan fingerprint density at radius 3 is 2.11 bits per heavy atom. The molecule has 1 aliphatic heterocycles. The van der Waals surface area contributed by atoms with Crippen molar-refractivity contribution in [2.24, 2.45) is 4.99 Å². The highest BCUT2D eigenvalue weighted by Gasteiger charge is 2.58. The zero-order valence-electron chi connectivity index (χ0n) is 22.0. The number of amides is 2. The molecule has 1 aromatic carbocycles. The first-order valence-electron chi connectivity index (χ1n) is 11.4. The van der Waals surface area contributed by atoms with E-state index in [1.807, 2.05) is 0 Å². The van der Waals surface area contributed by atoms with Crippen LogP contribution < -0.4 is 0 Å². The third-order valence-electron chi connectivity index (χ3n) is 5.46. The van der Waals surface area contributed by atoms with Crippen LogP contribution in [0.2, 0.25) is 0 Å². The van der Waals surface area contributed by atoms with Crippen LogP contribution in [0.15, 0.2) is 40.3 Å². The molecule has 2 atom stereocenters. The molecule has 2 unspecified atom stereocenters. The third-order valence-corrected chi connectivity index (χ3v) is 8.53. The summed E-state index contributed by atoms with van der Waals surface area (Å²) in [6.07, 6.45) is -1.58. The van der Waals surface area contributed by atoms with Gasteiger partial charge in [-0.1, -0.05) is 22.0 Å². The van der Waals surface area contributed by atoms with Gasteiger partial charge in [-0.25, -0.2) is 26.8 Å². The number of ether oxygens (including phenoxy) is 2. The van der Waals surface area contributed by atoms with Crippen molar-refractivity contribution in [3.05, 3.63) is 46.7 Å². The molecule has 37 heavy (non-hydrogen) atoms. The van der Waals surface area contributed by atoms with Gasteiger partial charge in [0.05, 0.1) is 5.75 Å². The van der Waals surface area contributed by atoms with Crippen molar-refractivity contribution < 1.29 is 36.3 Å². The first-order valence-corrected chi connectivity index (χ1v) is 13.9. The second-order valence-corrected chi connectivity index (χ2v) is 14.3. The fourth-order valence-electron chi connectivity index (χ4n) is 3.74. The Morgan fingerprint density at radius 2 is 1.68 bits per heavy atom. The molecule has 0 N–H and O–H groups in total. The Kier molecular flexibility index (Phi) is 8.71. The van der Waals surface area contributed by atoms with Gasteiger partial charge >= 0.3 is 12.2 Å². The van der Waals surface area contributed by atoms with E-state index in [2.05, 4.69) is 27.5 Å². The Hall–Kier alpha value is -2.34. The molecule has 12 heteroatoms. The van der Waals surface area contributed by atoms with Gasteiger partial charge in [0.2, 0.25) is 0 Å². The summed E-state index contributed by atoms with van der Waals surface area (Å²) in [4.78, 5) is 31.5. The minimum absolute atomic E-state index is 0.292. The zero-order chi connectivity index (χ0) is 28.6. The third kappa shape index (κ3) is 6.57. The van der Waals surface area contributed by atoms with Crippen LogP contribution in [0.5, 0.6) is 0 Å². The van der Waals surface area contributed by atoms with Crippen LogP contribution in [0.4, 0.5) is 18.4 Å². The van der Waals surface area contributed by atoms with Crippen LogP contribution in [-0.2, 0) is 24.8 Å². The standard InChI is InChI=1S/C25H33BrF2N2O6S/c1-9-12-24(8)19(30(20(31)35-22(2,3)4)21(32)36-23(5,6)7)29-25(14-27,15-37(24,33)34)17-13-16(26)10-11-18(17)28/h9-11,13H,1,12,14-15H2,2-8H3. The van der Waals surface area contributed by atoms with Gasteiger partial charge in [-0.3, -0.25) is 4.99 Å². The highest BCUT2D eigenvalue weighted by Crippen LogP contribution is 2.43. The number of carbonyl (C=O) groups excluding carboxylic acids is 2. The number of hydrogen-bond donors (Lipinski definition) is 0. The zero-order valence-corrected chi connectivity index (χ0v) is 24.4. The number of alkyl halides is 1. The van der Waals surface area contributed by atoms with E-state index in [1.54, 1.807) is 41.5 Å². The SMILES string of the molecule is C=CCC1(C)C(N(C(=O)OC(C)(C)C)C(=O)OC(C)(C)C)=NC(CF)(c2cc(Br)ccc2F)CS1(=O)=O. The number of allylic oxidation sites excluding steroid dienone is 1. The number of sulfone groups is 1. The summed E-state index contributed by atoms with van der Waals surface area (Å²) < 4.78 is 66.6. The molecular formula is C25H33BrF2N2O6S. The Morgan fingerprint density at radius 1 is 1.16 bits per heavy atom. The van der Waals surface area contributed by atoms with Crippen LogP contribution >= 0.6 is 15.9 Å². The molecule has 1 aromatic rings. The van der Waals surface area contributed by atoms with Crippen LogP contribution in [-0.4, -0.2) is 59.7 Å². The maximum absolute atomic E-state index is 15.0. The van der Waals surface area contributed by atoms with Gasteiger partial charge in [0.15, 0.2) is 9.84 Å². The molecule has 2 amide bonds. The summed E-state index contributed by atoms with van der Waals surface area (Å²) >= 11 is 3.19. The smallest absolute Gasteiger partial charge is 0.425 e. The number of hydrogen-bond acceptors (Lipinski definition) is 7. The van der Waals surface area contributed by atoms with Gasteiger partial charge < -0.3 is 9.47 Å². The number of benzene rings is 1. The average Bonchev–Trinajstić information content (AvgIpc) is 2.70. The minimum atomic E-state index is -4.41. The van der Waals surface area contributed by atoms with Crippen molar-refractivity contribution in [3.8, 4) is 0 Å². The Bertz CT molecular complexity index is 1190. The van der Waals surface area contributed by atoms with Crippen LogP contribution in [0.3, 0.4) is 0 Å². The summed E-state index contributed by atoms with van der Waals surface area (Å²) in [6, 6.07) is 3.62. The highest BCUT2D eigenvalue weighted by atomic mass is 79.9. The van der Waals surface area contributed by atoms with E-state index >= 15 is 4.39 Å². The number of rotatable bonds is 4. The summed E-state index contributed by atoms with van der Waals surface area (Å²) in [5.41, 5.74) is -4.87. The first-order chi connectivity index (χ1) is 16.7. The summed E-state index contributed by atoms with van der Waals surface area (Å²) in [7, 11) is -4.41. The van der Waals surface area contributed by atoms with Crippen LogP contribution in [0, 0.1) is 5.82 Å². The van der Waals surface area contributed by atoms with E-state index in [0.29, 0.717) is 9.37 Å². The van der Waals surface area contributed by atoms with Crippen molar-refractivity contribution in [2.45, 2.75) is 76.4 Å². The Balaban J connectivity index is 2.99. The molecule has 0 aliphatic carbocycles. The number of carbonyl (C=O) groups is 2. The summed E-state index contributed by atoms with van der Waals surface area (Å²) in [6.45, 7) is 12.7. The monoisotopic (exact) mass is 606 g/mol. The van der Waals surface area contributed by atoms with E-state index in [4.69, 9.17) is 9.47 Å². The predicted molar refractivity (Wildman–Crippen MR) is 141 cm³/mol.